The number of hydrogen-bond acceptors (Lipinski definition) is 5. The van der Waals surface area contributed by atoms with Crippen molar-refractivity contribution in [3.8, 4) is 0 Å². The fourth-order valence-electron chi connectivity index (χ4n) is 7.68. The SMILES string of the molecule is CC[C@@]12C=CCN(c3ccccc3)C(=O)[C@@H]1[C@H]1C(=O)N([C@@H](CO)C(C)C)C3C(=O)N(c4c(C)cccc4Cl)CC=C[C@@]31O2. The molecule has 226 valence electrons. The van der Waals surface area contributed by atoms with Crippen molar-refractivity contribution in [1.29, 1.82) is 0 Å². The van der Waals surface area contributed by atoms with E-state index in [-0.39, 0.29) is 36.8 Å². The molecule has 3 amide bonds. The molecular formula is C34H38ClN3O5. The number of amides is 3. The van der Waals surface area contributed by atoms with Gasteiger partial charge in [0.1, 0.15) is 11.6 Å². The van der Waals surface area contributed by atoms with E-state index in [0.717, 1.165) is 11.3 Å². The minimum atomic E-state index is -1.43. The summed E-state index contributed by atoms with van der Waals surface area (Å²) in [4.78, 5) is 49.1. The van der Waals surface area contributed by atoms with Gasteiger partial charge >= 0.3 is 0 Å². The summed E-state index contributed by atoms with van der Waals surface area (Å²) in [6, 6.07) is 13.1. The maximum absolute atomic E-state index is 14.9. The average molecular weight is 604 g/mol. The number of benzene rings is 2. The van der Waals surface area contributed by atoms with E-state index in [2.05, 4.69) is 0 Å². The van der Waals surface area contributed by atoms with E-state index in [1.165, 1.54) is 4.90 Å². The molecule has 43 heavy (non-hydrogen) atoms. The van der Waals surface area contributed by atoms with Crippen LogP contribution < -0.4 is 9.80 Å². The molecule has 2 aromatic carbocycles. The molecular weight excluding hydrogens is 566 g/mol. The lowest BCUT2D eigenvalue weighted by atomic mass is 9.73. The Morgan fingerprint density at radius 3 is 2.28 bits per heavy atom. The molecule has 8 nitrogen and oxygen atoms in total. The smallest absolute Gasteiger partial charge is 0.253 e. The van der Waals surface area contributed by atoms with Gasteiger partial charge in [-0.3, -0.25) is 14.4 Å². The molecule has 4 aliphatic heterocycles. The van der Waals surface area contributed by atoms with Crippen molar-refractivity contribution in [3.05, 3.63) is 83.4 Å². The number of anilines is 2. The lowest BCUT2D eigenvalue weighted by Gasteiger charge is -2.42. The Labute approximate surface area is 257 Å². The van der Waals surface area contributed by atoms with E-state index < -0.39 is 35.1 Å². The van der Waals surface area contributed by atoms with Gasteiger partial charge in [-0.1, -0.05) is 87.0 Å². The third-order valence-electron chi connectivity index (χ3n) is 9.72. The zero-order chi connectivity index (χ0) is 30.7. The number of ether oxygens (including phenoxy) is 1. The number of halogens is 1. The molecule has 4 aliphatic rings. The summed E-state index contributed by atoms with van der Waals surface area (Å²) in [6.45, 7) is 7.88. The van der Waals surface area contributed by atoms with Crippen molar-refractivity contribution in [1.82, 2.24) is 4.90 Å². The molecule has 1 N–H and O–H groups in total. The van der Waals surface area contributed by atoms with Crippen LogP contribution in [-0.2, 0) is 19.1 Å². The molecule has 6 atom stereocenters. The Bertz CT molecular complexity index is 1490. The molecule has 1 spiro atoms. The number of carbonyl (C=O) groups excluding carboxylic acids is 3. The van der Waals surface area contributed by atoms with E-state index in [1.54, 1.807) is 15.9 Å². The average Bonchev–Trinajstić information content (AvgIpc) is 3.27. The van der Waals surface area contributed by atoms with Gasteiger partial charge < -0.3 is 24.5 Å². The standard InChI is InChI=1S/C34H38ClN3O5/c1-5-33-16-10-18-36(23-13-7-6-8-14-23)30(40)26(33)27-31(41)38(25(20-39)21(2)3)29-32(42)37(19-11-17-34(27,29)43-33)28-22(4)12-9-15-24(28)35/h6-17,21,25-27,29,39H,5,18-20H2,1-4H3/t25-,26-,27-,29?,33+,34-/m0/s1. The Balaban J connectivity index is 1.55. The molecule has 2 saturated heterocycles. The van der Waals surface area contributed by atoms with Crippen LogP contribution in [0.2, 0.25) is 5.02 Å². The number of para-hydroxylation sites is 2. The van der Waals surface area contributed by atoms with Gasteiger partial charge in [-0.25, -0.2) is 0 Å². The summed E-state index contributed by atoms with van der Waals surface area (Å²) in [5, 5.41) is 11.0. The first-order valence-electron chi connectivity index (χ1n) is 15.0. The first kappa shape index (κ1) is 29.6. The van der Waals surface area contributed by atoms with Gasteiger partial charge in [0, 0.05) is 18.8 Å². The van der Waals surface area contributed by atoms with Gasteiger partial charge in [-0.2, -0.15) is 0 Å². The number of nitrogens with zero attached hydrogens (tertiary/aromatic N) is 3. The molecule has 4 heterocycles. The number of aliphatic hydroxyl groups excluding tert-OH is 1. The third kappa shape index (κ3) is 4.29. The minimum Gasteiger partial charge on any atom is -0.394 e. The number of aliphatic hydroxyl groups is 1. The van der Waals surface area contributed by atoms with Crippen molar-refractivity contribution in [3.63, 3.8) is 0 Å². The second-order valence-corrected chi connectivity index (χ2v) is 12.7. The van der Waals surface area contributed by atoms with Crippen molar-refractivity contribution >= 4 is 40.7 Å². The summed E-state index contributed by atoms with van der Waals surface area (Å²) >= 11 is 6.67. The maximum atomic E-state index is 14.9. The van der Waals surface area contributed by atoms with Crippen LogP contribution in [0.15, 0.2) is 72.8 Å². The molecule has 6 rings (SSSR count). The Morgan fingerprint density at radius 2 is 1.63 bits per heavy atom. The van der Waals surface area contributed by atoms with Crippen molar-refractivity contribution < 1.29 is 24.2 Å². The van der Waals surface area contributed by atoms with Crippen LogP contribution in [0, 0.1) is 24.7 Å². The maximum Gasteiger partial charge on any atom is 0.253 e. The van der Waals surface area contributed by atoms with E-state index in [9.17, 15) is 19.5 Å². The summed E-state index contributed by atoms with van der Waals surface area (Å²) in [5.41, 5.74) is -0.412. The predicted octanol–water partition coefficient (Wildman–Crippen LogP) is 4.53. The largest absolute Gasteiger partial charge is 0.394 e. The summed E-state index contributed by atoms with van der Waals surface area (Å²) in [6.07, 6.45) is 7.97. The highest BCUT2D eigenvalue weighted by Gasteiger charge is 2.76. The molecule has 1 unspecified atom stereocenters. The monoisotopic (exact) mass is 603 g/mol. The van der Waals surface area contributed by atoms with E-state index in [1.807, 2.05) is 94.5 Å². The van der Waals surface area contributed by atoms with Gasteiger partial charge in [-0.05, 0) is 43.0 Å². The van der Waals surface area contributed by atoms with Crippen LogP contribution >= 0.6 is 11.6 Å². The quantitative estimate of drug-likeness (QED) is 0.490. The molecule has 0 saturated carbocycles. The molecule has 0 radical (unpaired) electrons. The number of likely N-dealkylation sites (tertiary alicyclic amines) is 1. The van der Waals surface area contributed by atoms with Crippen LogP contribution in [0.1, 0.15) is 32.8 Å². The van der Waals surface area contributed by atoms with Gasteiger partial charge in [-0.15, -0.1) is 0 Å². The third-order valence-corrected chi connectivity index (χ3v) is 10.0. The summed E-state index contributed by atoms with van der Waals surface area (Å²) in [7, 11) is 0. The highest BCUT2D eigenvalue weighted by atomic mass is 35.5. The van der Waals surface area contributed by atoms with Gasteiger partial charge in [0.2, 0.25) is 11.8 Å². The lowest BCUT2D eigenvalue weighted by Crippen LogP contribution is -2.60. The highest BCUT2D eigenvalue weighted by Crippen LogP contribution is 2.59. The van der Waals surface area contributed by atoms with Gasteiger partial charge in [0.15, 0.2) is 0 Å². The Kier molecular flexibility index (Phi) is 7.51. The van der Waals surface area contributed by atoms with Gasteiger partial charge in [0.05, 0.1) is 40.8 Å². The van der Waals surface area contributed by atoms with Crippen LogP contribution in [0.4, 0.5) is 11.4 Å². The minimum absolute atomic E-state index is 0.165. The molecule has 9 heteroatoms. The number of rotatable bonds is 6. The molecule has 2 fully saturated rings. The van der Waals surface area contributed by atoms with Crippen LogP contribution in [0.3, 0.4) is 0 Å². The summed E-state index contributed by atoms with van der Waals surface area (Å²) in [5.74, 6) is -2.95. The number of hydrogen-bond donors (Lipinski definition) is 1. The second-order valence-electron chi connectivity index (χ2n) is 12.3. The van der Waals surface area contributed by atoms with Gasteiger partial charge in [0.25, 0.3) is 5.91 Å². The summed E-state index contributed by atoms with van der Waals surface area (Å²) < 4.78 is 7.08. The topological polar surface area (TPSA) is 90.4 Å². The molecule has 0 bridgehead atoms. The first-order valence-corrected chi connectivity index (χ1v) is 15.4. The molecule has 0 aromatic heterocycles. The lowest BCUT2D eigenvalue weighted by molar-refractivity contribution is -0.150. The van der Waals surface area contributed by atoms with Crippen molar-refractivity contribution in [2.75, 3.05) is 29.5 Å². The van der Waals surface area contributed by atoms with Crippen LogP contribution in [-0.4, -0.2) is 70.7 Å². The van der Waals surface area contributed by atoms with E-state index >= 15 is 0 Å². The predicted molar refractivity (Wildman–Crippen MR) is 166 cm³/mol. The van der Waals surface area contributed by atoms with Crippen LogP contribution in [0.25, 0.3) is 0 Å². The Morgan fingerprint density at radius 1 is 0.930 bits per heavy atom. The zero-order valence-electron chi connectivity index (χ0n) is 24.9. The van der Waals surface area contributed by atoms with Crippen molar-refractivity contribution in [2.24, 2.45) is 17.8 Å². The highest BCUT2D eigenvalue weighted by molar-refractivity contribution is 6.34. The normalized spacial score (nSPS) is 30.8. The number of aryl methyl sites for hydroxylation is 1. The fraction of sp³-hybridized carbons (Fsp3) is 0.441. The number of carbonyl (C=O) groups is 3. The molecule has 0 aliphatic carbocycles. The number of fused-ring (bicyclic) bond motifs is 2. The zero-order valence-corrected chi connectivity index (χ0v) is 25.7. The van der Waals surface area contributed by atoms with Crippen LogP contribution in [0.5, 0.6) is 0 Å². The first-order chi connectivity index (χ1) is 20.6. The second kappa shape index (κ2) is 10.9. The fourth-order valence-corrected chi connectivity index (χ4v) is 8.01. The molecule has 2 aromatic rings. The van der Waals surface area contributed by atoms with Crippen molar-refractivity contribution in [2.45, 2.75) is 57.4 Å². The van der Waals surface area contributed by atoms with E-state index in [0.29, 0.717) is 23.7 Å². The Hall–Kier alpha value is -3.46. The van der Waals surface area contributed by atoms with E-state index in [4.69, 9.17) is 16.3 Å².